The van der Waals surface area contributed by atoms with Crippen molar-refractivity contribution in [3.05, 3.63) is 47.9 Å². The van der Waals surface area contributed by atoms with Gasteiger partial charge >= 0.3 is 0 Å². The predicted molar refractivity (Wildman–Crippen MR) is 92.4 cm³/mol. The summed E-state index contributed by atoms with van der Waals surface area (Å²) in [5.41, 5.74) is 0.224. The van der Waals surface area contributed by atoms with Crippen LogP contribution in [0.4, 0.5) is 20.3 Å². The Hall–Kier alpha value is -2.65. The quantitative estimate of drug-likeness (QED) is 0.886. The highest BCUT2D eigenvalue weighted by molar-refractivity contribution is 6.02. The van der Waals surface area contributed by atoms with E-state index in [1.54, 1.807) is 0 Å². The summed E-state index contributed by atoms with van der Waals surface area (Å²) in [6.45, 7) is 2.69. The minimum atomic E-state index is -1.03. The summed E-state index contributed by atoms with van der Waals surface area (Å²) in [5, 5.41) is 2.46. The molecule has 2 aromatic rings. The van der Waals surface area contributed by atoms with Gasteiger partial charge in [-0.1, -0.05) is 0 Å². The molecule has 2 saturated heterocycles. The van der Waals surface area contributed by atoms with Crippen LogP contribution in [0.5, 0.6) is 0 Å². The van der Waals surface area contributed by atoms with Crippen LogP contribution in [-0.4, -0.2) is 48.0 Å². The number of piperidine rings is 1. The van der Waals surface area contributed by atoms with E-state index in [4.69, 9.17) is 9.47 Å². The van der Waals surface area contributed by atoms with Gasteiger partial charge in [0.25, 0.3) is 5.91 Å². The number of anilines is 2. The molecule has 0 radical (unpaired) electrons. The van der Waals surface area contributed by atoms with Crippen molar-refractivity contribution in [3.63, 3.8) is 0 Å². The van der Waals surface area contributed by atoms with E-state index in [1.165, 1.54) is 18.5 Å². The molecule has 2 aliphatic rings. The Morgan fingerprint density at radius 3 is 2.44 bits per heavy atom. The lowest BCUT2D eigenvalue weighted by molar-refractivity contribution is -0.169. The number of amides is 1. The van der Waals surface area contributed by atoms with Crippen LogP contribution >= 0.6 is 0 Å². The molecule has 2 aliphatic heterocycles. The molecule has 1 spiro atoms. The van der Waals surface area contributed by atoms with Crippen molar-refractivity contribution in [1.82, 2.24) is 9.97 Å². The number of carbonyl (C=O) groups is 1. The Morgan fingerprint density at radius 2 is 1.81 bits per heavy atom. The molecule has 142 valence electrons. The fourth-order valence-electron chi connectivity index (χ4n) is 3.23. The van der Waals surface area contributed by atoms with E-state index in [0.717, 1.165) is 38.1 Å². The number of nitrogens with zero attached hydrogens (tertiary/aromatic N) is 3. The van der Waals surface area contributed by atoms with Gasteiger partial charge in [0.1, 0.15) is 11.5 Å². The second-order valence-electron chi connectivity index (χ2n) is 6.44. The number of rotatable bonds is 3. The summed E-state index contributed by atoms with van der Waals surface area (Å²) in [6, 6.07) is 3.13. The van der Waals surface area contributed by atoms with Crippen LogP contribution in [0, 0.1) is 11.6 Å². The van der Waals surface area contributed by atoms with Crippen LogP contribution in [0.15, 0.2) is 30.6 Å². The zero-order valence-corrected chi connectivity index (χ0v) is 14.5. The zero-order valence-electron chi connectivity index (χ0n) is 14.5. The van der Waals surface area contributed by atoms with Gasteiger partial charge in [0, 0.05) is 37.7 Å². The van der Waals surface area contributed by atoms with Crippen molar-refractivity contribution >= 4 is 17.4 Å². The highest BCUT2D eigenvalue weighted by Gasteiger charge is 2.40. The molecule has 0 atom stereocenters. The van der Waals surface area contributed by atoms with Crippen molar-refractivity contribution in [2.75, 3.05) is 36.5 Å². The molecule has 1 amide bonds. The van der Waals surface area contributed by atoms with Crippen molar-refractivity contribution < 1.29 is 23.0 Å². The van der Waals surface area contributed by atoms with Crippen LogP contribution in [0.25, 0.3) is 0 Å². The third-order valence-electron chi connectivity index (χ3n) is 4.71. The molecule has 1 aromatic carbocycles. The fraction of sp³-hybridized carbons (Fsp3) is 0.389. The van der Waals surface area contributed by atoms with Crippen molar-refractivity contribution in [2.45, 2.75) is 18.6 Å². The summed E-state index contributed by atoms with van der Waals surface area (Å²) < 4.78 is 37.6. The number of hydrogen-bond donors (Lipinski definition) is 1. The third-order valence-corrected chi connectivity index (χ3v) is 4.71. The van der Waals surface area contributed by atoms with Crippen LogP contribution in [0.1, 0.15) is 23.3 Å². The van der Waals surface area contributed by atoms with Crippen LogP contribution < -0.4 is 10.2 Å². The molecule has 1 N–H and O–H groups in total. The Bertz CT molecular complexity index is 831. The Balaban J connectivity index is 1.38. The number of benzene rings is 1. The molecular weight excluding hydrogens is 358 g/mol. The van der Waals surface area contributed by atoms with E-state index in [1.807, 2.05) is 0 Å². The first kappa shape index (κ1) is 17.7. The second kappa shape index (κ2) is 7.16. The van der Waals surface area contributed by atoms with Gasteiger partial charge in [-0.15, -0.1) is 0 Å². The van der Waals surface area contributed by atoms with Crippen LogP contribution in [0.2, 0.25) is 0 Å². The molecule has 0 saturated carbocycles. The first-order valence-corrected chi connectivity index (χ1v) is 8.66. The highest BCUT2D eigenvalue weighted by Crippen LogP contribution is 2.32. The zero-order chi connectivity index (χ0) is 18.9. The SMILES string of the molecule is O=C(Nc1ccc(F)c(F)c1)c1cnc(N2CCC3(CC2)OCCO3)cn1. The van der Waals surface area contributed by atoms with Crippen LogP contribution in [-0.2, 0) is 9.47 Å². The van der Waals surface area contributed by atoms with E-state index in [-0.39, 0.29) is 11.4 Å². The maximum atomic E-state index is 13.2. The minimum absolute atomic E-state index is 0.0828. The molecule has 4 rings (SSSR count). The summed E-state index contributed by atoms with van der Waals surface area (Å²) >= 11 is 0. The Morgan fingerprint density at radius 1 is 1.07 bits per heavy atom. The topological polar surface area (TPSA) is 76.6 Å². The molecule has 9 heteroatoms. The van der Waals surface area contributed by atoms with Crippen molar-refractivity contribution in [3.8, 4) is 0 Å². The second-order valence-corrected chi connectivity index (χ2v) is 6.44. The number of carbonyl (C=O) groups excluding carboxylic acids is 1. The molecule has 3 heterocycles. The minimum Gasteiger partial charge on any atom is -0.355 e. The van der Waals surface area contributed by atoms with Gasteiger partial charge in [-0.3, -0.25) is 4.79 Å². The summed E-state index contributed by atoms with van der Waals surface area (Å²) in [6.07, 6.45) is 4.37. The summed E-state index contributed by atoms with van der Waals surface area (Å²) in [7, 11) is 0. The van der Waals surface area contributed by atoms with Gasteiger partial charge in [-0.2, -0.15) is 0 Å². The van der Waals surface area contributed by atoms with Gasteiger partial charge in [0.2, 0.25) is 0 Å². The summed E-state index contributed by atoms with van der Waals surface area (Å²) in [5.74, 6) is -2.37. The largest absolute Gasteiger partial charge is 0.355 e. The smallest absolute Gasteiger partial charge is 0.275 e. The number of halogens is 2. The van der Waals surface area contributed by atoms with Crippen molar-refractivity contribution in [2.24, 2.45) is 0 Å². The van der Waals surface area contributed by atoms with E-state index >= 15 is 0 Å². The van der Waals surface area contributed by atoms with E-state index in [0.29, 0.717) is 19.0 Å². The average Bonchev–Trinajstić information content (AvgIpc) is 3.13. The maximum Gasteiger partial charge on any atom is 0.275 e. The van der Waals surface area contributed by atoms with Crippen molar-refractivity contribution in [1.29, 1.82) is 0 Å². The predicted octanol–water partition coefficient (Wildman–Crippen LogP) is 2.35. The number of ether oxygens (including phenoxy) is 2. The molecule has 0 bridgehead atoms. The molecule has 27 heavy (non-hydrogen) atoms. The highest BCUT2D eigenvalue weighted by atomic mass is 19.2. The molecule has 0 unspecified atom stereocenters. The number of aromatic nitrogens is 2. The lowest BCUT2D eigenvalue weighted by atomic mass is 10.0. The fourth-order valence-corrected chi connectivity index (χ4v) is 3.23. The molecule has 1 aromatic heterocycles. The van der Waals surface area contributed by atoms with Crippen LogP contribution in [0.3, 0.4) is 0 Å². The monoisotopic (exact) mass is 376 g/mol. The number of hydrogen-bond acceptors (Lipinski definition) is 6. The average molecular weight is 376 g/mol. The van der Waals surface area contributed by atoms with Gasteiger partial charge in [0.15, 0.2) is 17.4 Å². The van der Waals surface area contributed by atoms with E-state index < -0.39 is 23.3 Å². The van der Waals surface area contributed by atoms with Gasteiger partial charge < -0.3 is 19.7 Å². The van der Waals surface area contributed by atoms with E-state index in [2.05, 4.69) is 20.2 Å². The van der Waals surface area contributed by atoms with Gasteiger partial charge in [-0.25, -0.2) is 18.7 Å². The lowest BCUT2D eigenvalue weighted by Crippen LogP contribution is -2.45. The maximum absolute atomic E-state index is 13.2. The normalized spacial score (nSPS) is 18.7. The molecule has 2 fully saturated rings. The van der Waals surface area contributed by atoms with Gasteiger partial charge in [-0.05, 0) is 12.1 Å². The molecule has 0 aliphatic carbocycles. The first-order chi connectivity index (χ1) is 13.0. The Kier molecular flexibility index (Phi) is 4.71. The van der Waals surface area contributed by atoms with Gasteiger partial charge in [0.05, 0.1) is 25.6 Å². The molecule has 7 nitrogen and oxygen atoms in total. The third kappa shape index (κ3) is 3.74. The lowest BCUT2D eigenvalue weighted by Gasteiger charge is -2.37. The molecular formula is C18H18F2N4O3. The summed E-state index contributed by atoms with van der Waals surface area (Å²) in [4.78, 5) is 22.7. The van der Waals surface area contributed by atoms with E-state index in [9.17, 15) is 13.6 Å². The standard InChI is InChI=1S/C18H18F2N4O3/c19-13-2-1-12(9-14(13)20)23-17(25)15-10-22-16(11-21-15)24-5-3-18(4-6-24)26-7-8-27-18/h1-2,9-11H,3-8H2,(H,23,25). The first-order valence-electron chi connectivity index (χ1n) is 8.66. The Labute approximate surface area is 154 Å². The number of nitrogens with one attached hydrogen (secondary N) is 1.